The van der Waals surface area contributed by atoms with Gasteiger partial charge in [-0.1, -0.05) is 0 Å². The molecule has 0 radical (unpaired) electrons. The number of hydrogen-bond donors (Lipinski definition) is 0. The third-order valence-corrected chi connectivity index (χ3v) is 2.12. The minimum absolute atomic E-state index is 0.0219. The Kier molecular flexibility index (Phi) is 3.03. The van der Waals surface area contributed by atoms with Crippen LogP contribution < -0.4 is 0 Å². The number of aromatic nitrogens is 1. The highest BCUT2D eigenvalue weighted by Crippen LogP contribution is 2.14. The summed E-state index contributed by atoms with van der Waals surface area (Å²) in [5.74, 6) is -0.0219. The van der Waals surface area contributed by atoms with Gasteiger partial charge in [0.2, 0.25) is 0 Å². The van der Waals surface area contributed by atoms with Gasteiger partial charge in [0, 0.05) is 24.8 Å². The molecule has 0 saturated carbocycles. The predicted molar refractivity (Wildman–Crippen MR) is 54.7 cm³/mol. The van der Waals surface area contributed by atoms with Crippen molar-refractivity contribution in [2.24, 2.45) is 0 Å². The van der Waals surface area contributed by atoms with Gasteiger partial charge in [0.05, 0.1) is 11.3 Å². The molecule has 0 atom stereocenters. The van der Waals surface area contributed by atoms with Crippen LogP contribution in [0.15, 0.2) is 16.7 Å². The minimum atomic E-state index is -0.0219. The van der Waals surface area contributed by atoms with Crippen LogP contribution in [-0.4, -0.2) is 29.9 Å². The predicted octanol–water partition coefficient (Wildman–Crippen LogP) is 1.85. The van der Waals surface area contributed by atoms with Crippen LogP contribution in [-0.2, 0) is 0 Å². The molecule has 0 aliphatic heterocycles. The third-order valence-electron chi connectivity index (χ3n) is 1.69. The van der Waals surface area contributed by atoms with Gasteiger partial charge in [-0.3, -0.25) is 9.78 Å². The summed E-state index contributed by atoms with van der Waals surface area (Å²) < 4.78 is 0.823. The minimum Gasteiger partial charge on any atom is -0.345 e. The van der Waals surface area contributed by atoms with E-state index in [4.69, 9.17) is 0 Å². The van der Waals surface area contributed by atoms with Gasteiger partial charge in [0.25, 0.3) is 5.91 Å². The molecular weight excluding hydrogens is 232 g/mol. The number of aryl methyl sites for hydroxylation is 1. The van der Waals surface area contributed by atoms with Crippen LogP contribution in [0, 0.1) is 6.92 Å². The maximum atomic E-state index is 11.6. The van der Waals surface area contributed by atoms with Crippen LogP contribution in [0.4, 0.5) is 0 Å². The Balaban J connectivity index is 3.13. The van der Waals surface area contributed by atoms with Crippen LogP contribution in [0.1, 0.15) is 16.1 Å². The summed E-state index contributed by atoms with van der Waals surface area (Å²) in [4.78, 5) is 17.2. The monoisotopic (exact) mass is 242 g/mol. The van der Waals surface area contributed by atoms with E-state index < -0.39 is 0 Å². The molecule has 0 aromatic carbocycles. The molecule has 13 heavy (non-hydrogen) atoms. The molecule has 0 unspecified atom stereocenters. The van der Waals surface area contributed by atoms with Crippen molar-refractivity contribution in [3.8, 4) is 0 Å². The van der Waals surface area contributed by atoms with Crippen molar-refractivity contribution in [1.82, 2.24) is 9.88 Å². The zero-order chi connectivity index (χ0) is 10.0. The van der Waals surface area contributed by atoms with E-state index in [2.05, 4.69) is 20.9 Å². The van der Waals surface area contributed by atoms with Gasteiger partial charge < -0.3 is 4.90 Å². The van der Waals surface area contributed by atoms with E-state index >= 15 is 0 Å². The number of pyridine rings is 1. The van der Waals surface area contributed by atoms with Crippen LogP contribution in [0.25, 0.3) is 0 Å². The van der Waals surface area contributed by atoms with E-state index in [-0.39, 0.29) is 5.91 Å². The van der Waals surface area contributed by atoms with Crippen LogP contribution in [0.5, 0.6) is 0 Å². The fourth-order valence-electron chi connectivity index (χ4n) is 0.965. The summed E-state index contributed by atoms with van der Waals surface area (Å²) in [7, 11) is 3.45. The van der Waals surface area contributed by atoms with E-state index in [1.54, 1.807) is 26.4 Å². The first-order chi connectivity index (χ1) is 6.02. The summed E-state index contributed by atoms with van der Waals surface area (Å²) in [6, 6.07) is 1.78. The maximum absolute atomic E-state index is 11.6. The molecule has 1 heterocycles. The molecule has 0 saturated heterocycles. The SMILES string of the molecule is Cc1ncc(Br)cc1C(=O)N(C)C. The van der Waals surface area contributed by atoms with Crippen molar-refractivity contribution in [2.75, 3.05) is 14.1 Å². The lowest BCUT2D eigenvalue weighted by molar-refractivity contribution is 0.0826. The standard InChI is InChI=1S/C9H11BrN2O/c1-6-8(9(13)12(2)3)4-7(10)5-11-6/h4-5H,1-3H3. The molecule has 4 heteroatoms. The fraction of sp³-hybridized carbons (Fsp3) is 0.333. The number of amides is 1. The molecule has 1 aromatic rings. The van der Waals surface area contributed by atoms with Crippen molar-refractivity contribution < 1.29 is 4.79 Å². The van der Waals surface area contributed by atoms with Gasteiger partial charge in [-0.15, -0.1) is 0 Å². The first-order valence-electron chi connectivity index (χ1n) is 3.86. The van der Waals surface area contributed by atoms with E-state index in [1.165, 1.54) is 4.90 Å². The number of hydrogen-bond acceptors (Lipinski definition) is 2. The number of halogens is 1. The van der Waals surface area contributed by atoms with Gasteiger partial charge in [0.15, 0.2) is 0 Å². The topological polar surface area (TPSA) is 33.2 Å². The van der Waals surface area contributed by atoms with Crippen molar-refractivity contribution in [3.63, 3.8) is 0 Å². The highest BCUT2D eigenvalue weighted by molar-refractivity contribution is 9.10. The Morgan fingerprint density at radius 1 is 1.54 bits per heavy atom. The lowest BCUT2D eigenvalue weighted by Gasteiger charge is -2.11. The second-order valence-electron chi connectivity index (χ2n) is 2.99. The number of rotatable bonds is 1. The Morgan fingerprint density at radius 2 is 2.15 bits per heavy atom. The molecule has 1 rings (SSSR count). The fourth-order valence-corrected chi connectivity index (χ4v) is 1.30. The Morgan fingerprint density at radius 3 is 2.69 bits per heavy atom. The molecule has 0 N–H and O–H groups in total. The first kappa shape index (κ1) is 10.2. The molecule has 0 spiro atoms. The number of carbonyl (C=O) groups is 1. The third kappa shape index (κ3) is 2.28. The molecule has 0 fully saturated rings. The van der Waals surface area contributed by atoms with E-state index in [0.29, 0.717) is 5.56 Å². The van der Waals surface area contributed by atoms with Crippen LogP contribution in [0.3, 0.4) is 0 Å². The summed E-state index contributed by atoms with van der Waals surface area (Å²) in [5, 5.41) is 0. The van der Waals surface area contributed by atoms with Gasteiger partial charge in [-0.05, 0) is 28.9 Å². The van der Waals surface area contributed by atoms with Crippen molar-refractivity contribution in [2.45, 2.75) is 6.92 Å². The van der Waals surface area contributed by atoms with Crippen LogP contribution in [0.2, 0.25) is 0 Å². The summed E-state index contributed by atoms with van der Waals surface area (Å²) in [6.07, 6.45) is 1.68. The average molecular weight is 243 g/mol. The highest BCUT2D eigenvalue weighted by atomic mass is 79.9. The second kappa shape index (κ2) is 3.87. The smallest absolute Gasteiger partial charge is 0.255 e. The van der Waals surface area contributed by atoms with E-state index in [1.807, 2.05) is 6.92 Å². The molecule has 3 nitrogen and oxygen atoms in total. The molecule has 1 aromatic heterocycles. The Labute approximate surface area is 85.9 Å². The van der Waals surface area contributed by atoms with Crippen molar-refractivity contribution in [1.29, 1.82) is 0 Å². The number of nitrogens with zero attached hydrogens (tertiary/aromatic N) is 2. The molecular formula is C9H11BrN2O. The zero-order valence-electron chi connectivity index (χ0n) is 7.84. The lowest BCUT2D eigenvalue weighted by atomic mass is 10.2. The molecule has 0 bridgehead atoms. The average Bonchev–Trinajstić information content (AvgIpc) is 2.08. The van der Waals surface area contributed by atoms with Crippen LogP contribution >= 0.6 is 15.9 Å². The maximum Gasteiger partial charge on any atom is 0.255 e. The highest BCUT2D eigenvalue weighted by Gasteiger charge is 2.11. The normalized spacial score (nSPS) is 9.85. The van der Waals surface area contributed by atoms with Gasteiger partial charge >= 0.3 is 0 Å². The number of carbonyl (C=O) groups excluding carboxylic acids is 1. The summed E-state index contributed by atoms with van der Waals surface area (Å²) in [5.41, 5.74) is 1.39. The van der Waals surface area contributed by atoms with Crippen molar-refractivity contribution in [3.05, 3.63) is 28.0 Å². The van der Waals surface area contributed by atoms with Crippen molar-refractivity contribution >= 4 is 21.8 Å². The largest absolute Gasteiger partial charge is 0.345 e. The second-order valence-corrected chi connectivity index (χ2v) is 3.90. The summed E-state index contributed by atoms with van der Waals surface area (Å²) in [6.45, 7) is 1.82. The van der Waals surface area contributed by atoms with Gasteiger partial charge in [-0.2, -0.15) is 0 Å². The van der Waals surface area contributed by atoms with Gasteiger partial charge in [-0.25, -0.2) is 0 Å². The summed E-state index contributed by atoms with van der Waals surface area (Å²) >= 11 is 3.28. The molecule has 1 amide bonds. The van der Waals surface area contributed by atoms with E-state index in [9.17, 15) is 4.79 Å². The molecule has 0 aliphatic rings. The van der Waals surface area contributed by atoms with E-state index in [0.717, 1.165) is 10.2 Å². The Hall–Kier alpha value is -0.900. The molecule has 0 aliphatic carbocycles. The first-order valence-corrected chi connectivity index (χ1v) is 4.65. The quantitative estimate of drug-likeness (QED) is 0.754. The lowest BCUT2D eigenvalue weighted by Crippen LogP contribution is -2.22. The zero-order valence-corrected chi connectivity index (χ0v) is 9.42. The Bertz CT molecular complexity index is 336. The molecule has 70 valence electrons. The van der Waals surface area contributed by atoms with Gasteiger partial charge in [0.1, 0.15) is 0 Å².